The highest BCUT2D eigenvalue weighted by atomic mass is 16.6. The van der Waals surface area contributed by atoms with Crippen molar-refractivity contribution >= 4 is 5.69 Å². The van der Waals surface area contributed by atoms with Crippen molar-refractivity contribution in [1.29, 1.82) is 0 Å². The lowest BCUT2D eigenvalue weighted by atomic mass is 10.2. The molecule has 1 heterocycles. The molecule has 0 fully saturated rings. The minimum Gasteiger partial charge on any atom is -0.313 e. The quantitative estimate of drug-likeness (QED) is 0.499. The molecule has 1 aromatic carbocycles. The van der Waals surface area contributed by atoms with Crippen molar-refractivity contribution in [3.8, 4) is 5.69 Å². The molecule has 0 atom stereocenters. The Morgan fingerprint density at radius 2 is 2.25 bits per heavy atom. The lowest BCUT2D eigenvalue weighted by Gasteiger charge is -2.06. The molecule has 0 aliphatic carbocycles. The third kappa shape index (κ3) is 3.03. The van der Waals surface area contributed by atoms with Crippen molar-refractivity contribution in [1.82, 2.24) is 15.1 Å². The van der Waals surface area contributed by atoms with E-state index in [0.29, 0.717) is 5.69 Å². The molecule has 0 unspecified atom stereocenters. The number of nitro groups is 1. The zero-order chi connectivity index (χ0) is 14.5. The van der Waals surface area contributed by atoms with E-state index in [1.165, 1.54) is 12.1 Å². The fraction of sp³-hybridized carbons (Fsp3) is 0.357. The SMILES string of the molecule is CCCNCc1cnn(-c2cccc([N+](=O)[O-])c2)c1C. The lowest BCUT2D eigenvalue weighted by Crippen LogP contribution is -2.14. The van der Waals surface area contributed by atoms with Gasteiger partial charge in [0.25, 0.3) is 5.69 Å². The average molecular weight is 274 g/mol. The van der Waals surface area contributed by atoms with Crippen LogP contribution in [0.15, 0.2) is 30.5 Å². The molecule has 1 aromatic heterocycles. The van der Waals surface area contributed by atoms with E-state index < -0.39 is 4.92 Å². The highest BCUT2D eigenvalue weighted by molar-refractivity contribution is 5.44. The largest absolute Gasteiger partial charge is 0.313 e. The second-order valence-corrected chi connectivity index (χ2v) is 4.62. The molecule has 0 aliphatic rings. The summed E-state index contributed by atoms with van der Waals surface area (Å²) in [5, 5.41) is 18.5. The van der Waals surface area contributed by atoms with Gasteiger partial charge in [-0.3, -0.25) is 10.1 Å². The highest BCUT2D eigenvalue weighted by Crippen LogP contribution is 2.19. The van der Waals surface area contributed by atoms with Gasteiger partial charge in [-0.2, -0.15) is 5.10 Å². The number of nitrogens with one attached hydrogen (secondary N) is 1. The molecular weight excluding hydrogens is 256 g/mol. The van der Waals surface area contributed by atoms with Crippen LogP contribution in [0.2, 0.25) is 0 Å². The van der Waals surface area contributed by atoms with E-state index in [2.05, 4.69) is 17.3 Å². The van der Waals surface area contributed by atoms with E-state index in [-0.39, 0.29) is 5.69 Å². The van der Waals surface area contributed by atoms with Crippen LogP contribution in [0.4, 0.5) is 5.69 Å². The van der Waals surface area contributed by atoms with E-state index >= 15 is 0 Å². The Labute approximate surface area is 117 Å². The topological polar surface area (TPSA) is 73.0 Å². The van der Waals surface area contributed by atoms with Crippen LogP contribution in [0.3, 0.4) is 0 Å². The second-order valence-electron chi connectivity index (χ2n) is 4.62. The van der Waals surface area contributed by atoms with Crippen LogP contribution in [0.1, 0.15) is 24.6 Å². The summed E-state index contributed by atoms with van der Waals surface area (Å²) in [5.74, 6) is 0. The average Bonchev–Trinajstić information content (AvgIpc) is 2.81. The van der Waals surface area contributed by atoms with Crippen molar-refractivity contribution < 1.29 is 4.92 Å². The standard InChI is InChI=1S/C14H18N4O2/c1-3-7-15-9-12-10-16-17(11(12)2)13-5-4-6-14(8-13)18(19)20/h4-6,8,10,15H,3,7,9H2,1-2H3. The fourth-order valence-corrected chi connectivity index (χ4v) is 2.02. The first-order valence-corrected chi connectivity index (χ1v) is 6.62. The van der Waals surface area contributed by atoms with Crippen LogP contribution in [0.5, 0.6) is 0 Å². The van der Waals surface area contributed by atoms with Gasteiger partial charge >= 0.3 is 0 Å². The molecule has 1 N–H and O–H groups in total. The summed E-state index contributed by atoms with van der Waals surface area (Å²) in [6.45, 7) is 5.80. The number of hydrogen-bond donors (Lipinski definition) is 1. The maximum Gasteiger partial charge on any atom is 0.271 e. The Kier molecular flexibility index (Phi) is 4.47. The summed E-state index contributed by atoms with van der Waals surface area (Å²) in [4.78, 5) is 10.4. The molecule has 2 rings (SSSR count). The minimum atomic E-state index is -0.397. The second kappa shape index (κ2) is 6.29. The molecular formula is C14H18N4O2. The van der Waals surface area contributed by atoms with Gasteiger partial charge in [0.1, 0.15) is 0 Å². The third-order valence-corrected chi connectivity index (χ3v) is 3.14. The van der Waals surface area contributed by atoms with Gasteiger partial charge in [0.15, 0.2) is 0 Å². The molecule has 0 saturated heterocycles. The first-order valence-electron chi connectivity index (χ1n) is 6.62. The predicted octanol–water partition coefficient (Wildman–Crippen LogP) is 2.59. The minimum absolute atomic E-state index is 0.0723. The molecule has 0 amide bonds. The summed E-state index contributed by atoms with van der Waals surface area (Å²) in [6.07, 6.45) is 2.88. The first kappa shape index (κ1) is 14.2. The molecule has 106 valence electrons. The van der Waals surface area contributed by atoms with Gasteiger partial charge in [-0.1, -0.05) is 13.0 Å². The van der Waals surface area contributed by atoms with Gasteiger partial charge in [-0.15, -0.1) is 0 Å². The van der Waals surface area contributed by atoms with Gasteiger partial charge in [0.05, 0.1) is 16.8 Å². The van der Waals surface area contributed by atoms with Crippen molar-refractivity contribution in [2.75, 3.05) is 6.54 Å². The summed E-state index contributed by atoms with van der Waals surface area (Å²) >= 11 is 0. The molecule has 6 heteroatoms. The summed E-state index contributed by atoms with van der Waals surface area (Å²) in [5.41, 5.74) is 2.88. The van der Waals surface area contributed by atoms with Gasteiger partial charge in [-0.25, -0.2) is 4.68 Å². The number of aromatic nitrogens is 2. The summed E-state index contributed by atoms with van der Waals surface area (Å²) < 4.78 is 1.73. The van der Waals surface area contributed by atoms with Gasteiger partial charge in [0, 0.05) is 29.9 Å². The monoisotopic (exact) mass is 274 g/mol. The normalized spacial score (nSPS) is 10.7. The van der Waals surface area contributed by atoms with Gasteiger partial charge in [-0.05, 0) is 26.0 Å². The van der Waals surface area contributed by atoms with Gasteiger partial charge in [0.2, 0.25) is 0 Å². The Balaban J connectivity index is 2.25. The van der Waals surface area contributed by atoms with Crippen molar-refractivity contribution in [2.24, 2.45) is 0 Å². The Bertz CT molecular complexity index is 607. The molecule has 0 aliphatic heterocycles. The number of non-ortho nitro benzene ring substituents is 1. The molecule has 0 bridgehead atoms. The summed E-state index contributed by atoms with van der Waals surface area (Å²) in [6, 6.07) is 6.50. The maximum absolute atomic E-state index is 10.8. The van der Waals surface area contributed by atoms with E-state index in [1.807, 2.05) is 13.0 Å². The molecule has 0 saturated carbocycles. The predicted molar refractivity (Wildman–Crippen MR) is 77.0 cm³/mol. The lowest BCUT2D eigenvalue weighted by molar-refractivity contribution is -0.384. The fourth-order valence-electron chi connectivity index (χ4n) is 2.02. The van der Waals surface area contributed by atoms with Gasteiger partial charge < -0.3 is 5.32 Å². The zero-order valence-electron chi connectivity index (χ0n) is 11.7. The Morgan fingerprint density at radius 3 is 2.95 bits per heavy atom. The van der Waals surface area contributed by atoms with E-state index in [1.54, 1.807) is 16.9 Å². The van der Waals surface area contributed by atoms with Crippen LogP contribution in [0, 0.1) is 17.0 Å². The zero-order valence-corrected chi connectivity index (χ0v) is 11.7. The number of hydrogen-bond acceptors (Lipinski definition) is 4. The Hall–Kier alpha value is -2.21. The van der Waals surface area contributed by atoms with Crippen LogP contribution in [-0.4, -0.2) is 21.2 Å². The van der Waals surface area contributed by atoms with E-state index in [0.717, 1.165) is 30.8 Å². The molecule has 0 radical (unpaired) electrons. The Morgan fingerprint density at radius 1 is 1.45 bits per heavy atom. The number of benzene rings is 1. The van der Waals surface area contributed by atoms with Crippen molar-refractivity contribution in [3.05, 3.63) is 51.8 Å². The van der Waals surface area contributed by atoms with Crippen molar-refractivity contribution in [3.63, 3.8) is 0 Å². The molecule has 2 aromatic rings. The van der Waals surface area contributed by atoms with Crippen LogP contribution in [0.25, 0.3) is 5.69 Å². The van der Waals surface area contributed by atoms with Crippen LogP contribution < -0.4 is 5.32 Å². The smallest absolute Gasteiger partial charge is 0.271 e. The third-order valence-electron chi connectivity index (χ3n) is 3.14. The van der Waals surface area contributed by atoms with E-state index in [4.69, 9.17) is 0 Å². The van der Waals surface area contributed by atoms with Crippen LogP contribution >= 0.6 is 0 Å². The first-order chi connectivity index (χ1) is 9.63. The molecule has 0 spiro atoms. The summed E-state index contributed by atoms with van der Waals surface area (Å²) in [7, 11) is 0. The number of rotatable bonds is 6. The number of nitrogens with zero attached hydrogens (tertiary/aromatic N) is 3. The van der Waals surface area contributed by atoms with Crippen molar-refractivity contribution in [2.45, 2.75) is 26.8 Å². The molecule has 6 nitrogen and oxygen atoms in total. The maximum atomic E-state index is 10.8. The van der Waals surface area contributed by atoms with E-state index in [9.17, 15) is 10.1 Å². The van der Waals surface area contributed by atoms with Crippen LogP contribution in [-0.2, 0) is 6.54 Å². The number of nitro benzene ring substituents is 1. The highest BCUT2D eigenvalue weighted by Gasteiger charge is 2.11. The molecule has 20 heavy (non-hydrogen) atoms.